The first-order chi connectivity index (χ1) is 13.3. The number of benzene rings is 1. The van der Waals surface area contributed by atoms with E-state index in [1.165, 1.54) is 12.0 Å². The smallest absolute Gasteiger partial charge is 0.307 e. The Bertz CT molecular complexity index is 709. The summed E-state index contributed by atoms with van der Waals surface area (Å²) in [4.78, 5) is 51.6. The molecule has 0 saturated carbocycles. The Labute approximate surface area is 165 Å². The Morgan fingerprint density at radius 2 is 1.64 bits per heavy atom. The normalized spacial score (nSPS) is 13.1. The van der Waals surface area contributed by atoms with Gasteiger partial charge in [-0.25, -0.2) is 0 Å². The molecule has 1 aromatic carbocycles. The maximum Gasteiger partial charge on any atom is 0.307 e. The zero-order valence-electron chi connectivity index (χ0n) is 16.8. The molecular weight excluding hydrogens is 360 g/mol. The third-order valence-electron chi connectivity index (χ3n) is 4.79. The molecule has 7 heteroatoms. The van der Waals surface area contributed by atoms with E-state index in [1.807, 2.05) is 0 Å². The van der Waals surface area contributed by atoms with Crippen LogP contribution in [0.1, 0.15) is 60.2 Å². The number of methoxy groups -OCH3 is 1. The predicted octanol–water partition coefficient (Wildman–Crippen LogP) is 2.50. The molecule has 0 spiro atoms. The molecule has 7 nitrogen and oxygen atoms in total. The quantitative estimate of drug-likeness (QED) is 0.454. The van der Waals surface area contributed by atoms with Crippen molar-refractivity contribution in [3.8, 4) is 0 Å². The standard InChI is InChI=1S/C21H28N2O5/c1-15(2)10-13-22(14-11-19(25)28-3)18(24)9-6-12-23-20(26)16-7-4-5-8-17(16)21(23)27/h4-5,7-8,15H,6,9-14H2,1-3H3. The molecule has 0 fully saturated rings. The molecule has 0 saturated heterocycles. The van der Waals surface area contributed by atoms with Crippen molar-refractivity contribution in [3.05, 3.63) is 35.4 Å². The lowest BCUT2D eigenvalue weighted by Gasteiger charge is -2.23. The lowest BCUT2D eigenvalue weighted by Crippen LogP contribution is -2.36. The van der Waals surface area contributed by atoms with Crippen LogP contribution in [0.4, 0.5) is 0 Å². The van der Waals surface area contributed by atoms with E-state index in [0.29, 0.717) is 36.6 Å². The Morgan fingerprint density at radius 1 is 1.04 bits per heavy atom. The monoisotopic (exact) mass is 388 g/mol. The van der Waals surface area contributed by atoms with Gasteiger partial charge in [0.1, 0.15) is 0 Å². The second kappa shape index (κ2) is 10.0. The summed E-state index contributed by atoms with van der Waals surface area (Å²) in [5, 5.41) is 0. The van der Waals surface area contributed by atoms with Gasteiger partial charge in [0.05, 0.1) is 24.7 Å². The van der Waals surface area contributed by atoms with Crippen LogP contribution in [0.25, 0.3) is 0 Å². The average molecular weight is 388 g/mol. The second-order valence-corrected chi connectivity index (χ2v) is 7.30. The largest absolute Gasteiger partial charge is 0.469 e. The maximum absolute atomic E-state index is 12.6. The molecule has 1 aliphatic heterocycles. The Balaban J connectivity index is 1.88. The molecule has 1 aromatic rings. The van der Waals surface area contributed by atoms with Crippen molar-refractivity contribution in [2.45, 2.75) is 39.5 Å². The summed E-state index contributed by atoms with van der Waals surface area (Å²) < 4.78 is 4.65. The van der Waals surface area contributed by atoms with E-state index in [1.54, 1.807) is 29.2 Å². The highest BCUT2D eigenvalue weighted by Gasteiger charge is 2.34. The molecule has 3 amide bonds. The fraction of sp³-hybridized carbons (Fsp3) is 0.524. The first-order valence-electron chi connectivity index (χ1n) is 9.65. The summed E-state index contributed by atoms with van der Waals surface area (Å²) in [6, 6.07) is 6.73. The molecule has 152 valence electrons. The van der Waals surface area contributed by atoms with Crippen LogP contribution in [0.3, 0.4) is 0 Å². The second-order valence-electron chi connectivity index (χ2n) is 7.30. The van der Waals surface area contributed by atoms with E-state index < -0.39 is 0 Å². The molecular formula is C21H28N2O5. The molecule has 1 heterocycles. The Hall–Kier alpha value is -2.70. The van der Waals surface area contributed by atoms with Crippen molar-refractivity contribution in [2.24, 2.45) is 5.92 Å². The van der Waals surface area contributed by atoms with Crippen molar-refractivity contribution >= 4 is 23.7 Å². The molecule has 0 bridgehead atoms. The molecule has 0 radical (unpaired) electrons. The molecule has 0 unspecified atom stereocenters. The van der Waals surface area contributed by atoms with Crippen LogP contribution >= 0.6 is 0 Å². The minimum Gasteiger partial charge on any atom is -0.469 e. The molecule has 0 N–H and O–H groups in total. The van der Waals surface area contributed by atoms with Gasteiger partial charge in [-0.3, -0.25) is 24.1 Å². The van der Waals surface area contributed by atoms with Crippen LogP contribution in [-0.4, -0.2) is 60.2 Å². The summed E-state index contributed by atoms with van der Waals surface area (Å²) in [5.41, 5.74) is 0.825. The number of hydrogen-bond acceptors (Lipinski definition) is 5. The summed E-state index contributed by atoms with van der Waals surface area (Å²) in [7, 11) is 1.32. The minimum absolute atomic E-state index is 0.0823. The minimum atomic E-state index is -0.353. The van der Waals surface area contributed by atoms with Crippen LogP contribution in [0.5, 0.6) is 0 Å². The zero-order valence-corrected chi connectivity index (χ0v) is 16.8. The van der Waals surface area contributed by atoms with Crippen molar-refractivity contribution in [3.63, 3.8) is 0 Å². The van der Waals surface area contributed by atoms with Crippen LogP contribution in [0.15, 0.2) is 24.3 Å². The van der Waals surface area contributed by atoms with Crippen molar-refractivity contribution in [1.82, 2.24) is 9.80 Å². The number of fused-ring (bicyclic) bond motifs is 1. The first-order valence-corrected chi connectivity index (χ1v) is 9.65. The molecule has 0 atom stereocenters. The number of amides is 3. The van der Waals surface area contributed by atoms with Crippen molar-refractivity contribution in [2.75, 3.05) is 26.7 Å². The third-order valence-corrected chi connectivity index (χ3v) is 4.79. The van der Waals surface area contributed by atoms with Crippen molar-refractivity contribution < 1.29 is 23.9 Å². The summed E-state index contributed by atoms with van der Waals surface area (Å²) in [5.74, 6) is -0.618. The number of hydrogen-bond donors (Lipinski definition) is 0. The zero-order chi connectivity index (χ0) is 20.7. The van der Waals surface area contributed by atoms with Gasteiger partial charge in [0.15, 0.2) is 0 Å². The van der Waals surface area contributed by atoms with Gasteiger partial charge in [-0.15, -0.1) is 0 Å². The lowest BCUT2D eigenvalue weighted by atomic mass is 10.1. The van der Waals surface area contributed by atoms with Gasteiger partial charge in [-0.05, 0) is 30.9 Å². The highest BCUT2D eigenvalue weighted by molar-refractivity contribution is 6.21. The van der Waals surface area contributed by atoms with Gasteiger partial charge in [0.25, 0.3) is 11.8 Å². The van der Waals surface area contributed by atoms with E-state index >= 15 is 0 Å². The molecule has 0 aliphatic carbocycles. The van der Waals surface area contributed by atoms with Gasteiger partial charge in [-0.2, -0.15) is 0 Å². The average Bonchev–Trinajstić information content (AvgIpc) is 2.92. The molecule has 28 heavy (non-hydrogen) atoms. The van der Waals surface area contributed by atoms with Crippen LogP contribution in [0.2, 0.25) is 0 Å². The van der Waals surface area contributed by atoms with Gasteiger partial charge in [0, 0.05) is 26.1 Å². The number of carbonyl (C=O) groups is 4. The molecule has 2 rings (SSSR count). The SMILES string of the molecule is COC(=O)CCN(CCC(C)C)C(=O)CCCN1C(=O)c2ccccc2C1=O. The van der Waals surface area contributed by atoms with Gasteiger partial charge in [0.2, 0.25) is 5.91 Å². The van der Waals surface area contributed by atoms with E-state index in [2.05, 4.69) is 18.6 Å². The number of rotatable bonds is 10. The van der Waals surface area contributed by atoms with Crippen LogP contribution < -0.4 is 0 Å². The Morgan fingerprint density at radius 3 is 2.18 bits per heavy atom. The van der Waals surface area contributed by atoms with E-state index in [-0.39, 0.29) is 43.1 Å². The predicted molar refractivity (Wildman–Crippen MR) is 104 cm³/mol. The fourth-order valence-electron chi connectivity index (χ4n) is 3.09. The van der Waals surface area contributed by atoms with Crippen LogP contribution in [0, 0.1) is 5.92 Å². The molecule has 1 aliphatic rings. The topological polar surface area (TPSA) is 84.0 Å². The van der Waals surface area contributed by atoms with Gasteiger partial charge >= 0.3 is 5.97 Å². The number of carbonyl (C=O) groups excluding carboxylic acids is 4. The van der Waals surface area contributed by atoms with E-state index in [4.69, 9.17) is 0 Å². The highest BCUT2D eigenvalue weighted by atomic mass is 16.5. The molecule has 0 aromatic heterocycles. The number of imide groups is 1. The summed E-state index contributed by atoms with van der Waals surface area (Å²) in [6.07, 6.45) is 1.59. The van der Waals surface area contributed by atoms with E-state index in [0.717, 1.165) is 6.42 Å². The van der Waals surface area contributed by atoms with Crippen LogP contribution in [-0.2, 0) is 14.3 Å². The number of ether oxygens (including phenoxy) is 1. The fourth-order valence-corrected chi connectivity index (χ4v) is 3.09. The summed E-state index contributed by atoms with van der Waals surface area (Å²) >= 11 is 0. The third kappa shape index (κ3) is 5.41. The van der Waals surface area contributed by atoms with E-state index in [9.17, 15) is 19.2 Å². The van der Waals surface area contributed by atoms with Gasteiger partial charge < -0.3 is 9.64 Å². The lowest BCUT2D eigenvalue weighted by molar-refractivity contribution is -0.141. The number of esters is 1. The Kier molecular flexibility index (Phi) is 7.72. The maximum atomic E-state index is 12.6. The summed E-state index contributed by atoms with van der Waals surface area (Å²) in [6.45, 7) is 5.23. The highest BCUT2D eigenvalue weighted by Crippen LogP contribution is 2.22. The first kappa shape index (κ1) is 21.6. The van der Waals surface area contributed by atoms with Crippen molar-refractivity contribution in [1.29, 1.82) is 0 Å². The number of nitrogens with zero attached hydrogens (tertiary/aromatic N) is 2. The van der Waals surface area contributed by atoms with Gasteiger partial charge in [-0.1, -0.05) is 26.0 Å².